The molecule has 1 heterocycles. The summed E-state index contributed by atoms with van der Waals surface area (Å²) in [4.78, 5) is 4.66. The molecule has 0 aliphatic rings. The summed E-state index contributed by atoms with van der Waals surface area (Å²) in [5.74, 6) is 2.20. The van der Waals surface area contributed by atoms with Crippen molar-refractivity contribution in [2.45, 2.75) is 45.9 Å². The van der Waals surface area contributed by atoms with E-state index in [2.05, 4.69) is 48.4 Å². The van der Waals surface area contributed by atoms with Crippen LogP contribution in [0.1, 0.15) is 36.4 Å². The summed E-state index contributed by atoms with van der Waals surface area (Å²) >= 11 is 1.70. The van der Waals surface area contributed by atoms with E-state index in [1.165, 1.54) is 17.3 Å². The molecule has 1 atom stereocenters. The zero-order valence-electron chi connectivity index (χ0n) is 17.6. The van der Waals surface area contributed by atoms with Crippen LogP contribution in [0.25, 0.3) is 0 Å². The summed E-state index contributed by atoms with van der Waals surface area (Å²) in [5.41, 5.74) is 4.33. The molecule has 1 unspecified atom stereocenters. The lowest BCUT2D eigenvalue weighted by molar-refractivity contribution is 0.617. The maximum absolute atomic E-state index is 13.6. The Labute approximate surface area is 172 Å². The lowest BCUT2D eigenvalue weighted by Crippen LogP contribution is -2.43. The third-order valence-electron chi connectivity index (χ3n) is 4.62. The van der Waals surface area contributed by atoms with Crippen LogP contribution in [0.5, 0.6) is 0 Å². The first-order valence-corrected chi connectivity index (χ1v) is 10.9. The maximum Gasteiger partial charge on any atom is 0.191 e. The standard InChI is InChI=1S/C21H32FN5S/c1-6-23-21(24-11-12-28-14-18-9-7-8-10-20(18)22)25-15(2)13-19-16(3)26-27(5)17(19)4/h7-10,15H,6,11-14H2,1-5H3,(H2,23,24,25). The average Bonchev–Trinajstić information content (AvgIpc) is 2.89. The number of thioether (sulfide) groups is 1. The highest BCUT2D eigenvalue weighted by Gasteiger charge is 2.14. The van der Waals surface area contributed by atoms with Crippen LogP contribution in [-0.2, 0) is 19.2 Å². The number of benzene rings is 1. The van der Waals surface area contributed by atoms with Gasteiger partial charge in [-0.15, -0.1) is 0 Å². The molecule has 0 aliphatic carbocycles. The number of nitrogens with one attached hydrogen (secondary N) is 2. The topological polar surface area (TPSA) is 54.2 Å². The zero-order valence-corrected chi connectivity index (χ0v) is 18.4. The van der Waals surface area contributed by atoms with Gasteiger partial charge in [-0.05, 0) is 51.3 Å². The van der Waals surface area contributed by atoms with Crippen LogP contribution in [-0.4, -0.2) is 40.6 Å². The SMILES string of the molecule is CCNC(=NCCSCc1ccccc1F)NC(C)Cc1c(C)nn(C)c1C. The molecule has 2 rings (SSSR count). The first-order chi connectivity index (χ1) is 13.4. The Hall–Kier alpha value is -2.02. The number of aryl methyl sites for hydroxylation is 2. The molecule has 154 valence electrons. The van der Waals surface area contributed by atoms with Gasteiger partial charge in [-0.2, -0.15) is 16.9 Å². The van der Waals surface area contributed by atoms with Crippen molar-refractivity contribution < 1.29 is 4.39 Å². The molecule has 0 saturated carbocycles. The molecule has 0 amide bonds. The van der Waals surface area contributed by atoms with Gasteiger partial charge in [0.05, 0.1) is 12.2 Å². The predicted octanol–water partition coefficient (Wildman–Crippen LogP) is 3.60. The first-order valence-electron chi connectivity index (χ1n) is 9.77. The summed E-state index contributed by atoms with van der Waals surface area (Å²) in [7, 11) is 1.98. The van der Waals surface area contributed by atoms with E-state index in [-0.39, 0.29) is 11.9 Å². The number of guanidine groups is 1. The second-order valence-corrected chi connectivity index (χ2v) is 8.03. The molecular weight excluding hydrogens is 373 g/mol. The highest BCUT2D eigenvalue weighted by molar-refractivity contribution is 7.98. The van der Waals surface area contributed by atoms with Crippen LogP contribution in [0.3, 0.4) is 0 Å². The van der Waals surface area contributed by atoms with Crippen molar-refractivity contribution in [1.82, 2.24) is 20.4 Å². The third-order valence-corrected chi connectivity index (χ3v) is 5.60. The lowest BCUT2D eigenvalue weighted by atomic mass is 10.1. The average molecular weight is 406 g/mol. The van der Waals surface area contributed by atoms with Gasteiger partial charge in [-0.3, -0.25) is 9.67 Å². The van der Waals surface area contributed by atoms with Crippen molar-refractivity contribution in [2.24, 2.45) is 12.0 Å². The minimum atomic E-state index is -0.136. The lowest BCUT2D eigenvalue weighted by Gasteiger charge is -2.18. The van der Waals surface area contributed by atoms with Gasteiger partial charge in [0.2, 0.25) is 0 Å². The van der Waals surface area contributed by atoms with Gasteiger partial charge in [-0.25, -0.2) is 4.39 Å². The molecule has 1 aromatic heterocycles. The van der Waals surface area contributed by atoms with Gasteiger partial charge in [0.25, 0.3) is 0 Å². The summed E-state index contributed by atoms with van der Waals surface area (Å²) in [6.07, 6.45) is 0.901. The van der Waals surface area contributed by atoms with Crippen LogP contribution in [0, 0.1) is 19.7 Å². The van der Waals surface area contributed by atoms with Gasteiger partial charge in [-0.1, -0.05) is 18.2 Å². The molecule has 0 fully saturated rings. The van der Waals surface area contributed by atoms with E-state index >= 15 is 0 Å². The highest BCUT2D eigenvalue weighted by atomic mass is 32.2. The number of halogens is 1. The summed E-state index contributed by atoms with van der Waals surface area (Å²) in [5, 5.41) is 11.3. The Morgan fingerprint density at radius 2 is 2.07 bits per heavy atom. The van der Waals surface area contributed by atoms with Crippen molar-refractivity contribution in [1.29, 1.82) is 0 Å². The number of aromatic nitrogens is 2. The minimum absolute atomic E-state index is 0.136. The molecule has 0 aliphatic heterocycles. The van der Waals surface area contributed by atoms with E-state index in [9.17, 15) is 4.39 Å². The van der Waals surface area contributed by atoms with Gasteiger partial charge in [0, 0.05) is 36.8 Å². The Bertz CT molecular complexity index is 787. The van der Waals surface area contributed by atoms with E-state index in [0.29, 0.717) is 12.3 Å². The number of nitrogens with zero attached hydrogens (tertiary/aromatic N) is 3. The van der Waals surface area contributed by atoms with Gasteiger partial charge >= 0.3 is 0 Å². The summed E-state index contributed by atoms with van der Waals surface area (Å²) < 4.78 is 15.6. The van der Waals surface area contributed by atoms with E-state index in [1.54, 1.807) is 17.8 Å². The van der Waals surface area contributed by atoms with Gasteiger partial charge in [0.15, 0.2) is 5.96 Å². The Balaban J connectivity index is 1.83. The van der Waals surface area contributed by atoms with Crippen molar-refractivity contribution in [3.63, 3.8) is 0 Å². The number of rotatable bonds is 9. The Kier molecular flexibility index (Phi) is 8.83. The molecule has 2 N–H and O–H groups in total. The predicted molar refractivity (Wildman–Crippen MR) is 118 cm³/mol. The van der Waals surface area contributed by atoms with E-state index in [4.69, 9.17) is 0 Å². The molecule has 2 aromatic rings. The largest absolute Gasteiger partial charge is 0.357 e. The smallest absolute Gasteiger partial charge is 0.191 e. The molecule has 0 spiro atoms. The van der Waals surface area contributed by atoms with Crippen LogP contribution in [0.15, 0.2) is 29.3 Å². The molecule has 7 heteroatoms. The monoisotopic (exact) mass is 405 g/mol. The molecule has 1 aromatic carbocycles. The van der Waals surface area contributed by atoms with Crippen LogP contribution < -0.4 is 10.6 Å². The van der Waals surface area contributed by atoms with Crippen molar-refractivity contribution in [3.8, 4) is 0 Å². The summed E-state index contributed by atoms with van der Waals surface area (Å²) in [6, 6.07) is 7.18. The normalized spacial score (nSPS) is 12.9. The Morgan fingerprint density at radius 1 is 1.32 bits per heavy atom. The third kappa shape index (κ3) is 6.55. The van der Waals surface area contributed by atoms with Crippen molar-refractivity contribution in [3.05, 3.63) is 52.6 Å². The van der Waals surface area contributed by atoms with Crippen LogP contribution >= 0.6 is 11.8 Å². The maximum atomic E-state index is 13.6. The molecule has 0 radical (unpaired) electrons. The fraction of sp³-hybridized carbons (Fsp3) is 0.524. The molecule has 5 nitrogen and oxygen atoms in total. The van der Waals surface area contributed by atoms with Gasteiger partial charge in [0.1, 0.15) is 5.82 Å². The number of hydrogen-bond acceptors (Lipinski definition) is 3. The first kappa shape index (κ1) is 22.3. The number of aliphatic imine (C=N–C) groups is 1. The zero-order chi connectivity index (χ0) is 20.5. The second kappa shape index (κ2) is 11.1. The van der Waals surface area contributed by atoms with Crippen LogP contribution in [0.2, 0.25) is 0 Å². The fourth-order valence-corrected chi connectivity index (χ4v) is 3.86. The van der Waals surface area contributed by atoms with E-state index < -0.39 is 0 Å². The molecule has 0 saturated heterocycles. The van der Waals surface area contributed by atoms with Gasteiger partial charge < -0.3 is 10.6 Å². The minimum Gasteiger partial charge on any atom is -0.357 e. The number of hydrogen-bond donors (Lipinski definition) is 2. The van der Waals surface area contributed by atoms with Crippen molar-refractivity contribution >= 4 is 17.7 Å². The Morgan fingerprint density at radius 3 is 2.71 bits per heavy atom. The summed E-state index contributed by atoms with van der Waals surface area (Å²) in [6.45, 7) is 9.88. The van der Waals surface area contributed by atoms with E-state index in [1.807, 2.05) is 23.9 Å². The highest BCUT2D eigenvalue weighted by Crippen LogP contribution is 2.15. The van der Waals surface area contributed by atoms with Crippen LogP contribution in [0.4, 0.5) is 4.39 Å². The van der Waals surface area contributed by atoms with E-state index in [0.717, 1.165) is 35.9 Å². The molecular formula is C21H32FN5S. The molecule has 28 heavy (non-hydrogen) atoms. The fourth-order valence-electron chi connectivity index (χ4n) is 3.04. The quantitative estimate of drug-likeness (QED) is 0.380. The second-order valence-electron chi connectivity index (χ2n) is 6.93. The molecule has 0 bridgehead atoms. The van der Waals surface area contributed by atoms with Crippen molar-refractivity contribution in [2.75, 3.05) is 18.8 Å².